The van der Waals surface area contributed by atoms with Crippen molar-refractivity contribution in [3.63, 3.8) is 0 Å². The molecule has 1 aliphatic carbocycles. The number of hydrogen-bond acceptors (Lipinski definition) is 1. The molecule has 0 amide bonds. The summed E-state index contributed by atoms with van der Waals surface area (Å²) in [6.45, 7) is 4.78. The predicted octanol–water partition coefficient (Wildman–Crippen LogP) is 11.9. The lowest BCUT2D eigenvalue weighted by Crippen LogP contribution is -2.25. The van der Waals surface area contributed by atoms with Gasteiger partial charge in [0, 0.05) is 22.5 Å². The van der Waals surface area contributed by atoms with E-state index in [0.717, 1.165) is 17.1 Å². The highest BCUT2D eigenvalue weighted by Crippen LogP contribution is 2.54. The summed E-state index contributed by atoms with van der Waals surface area (Å²) in [4.78, 5) is 2.32. The molecule has 0 bridgehead atoms. The molecule has 0 saturated heterocycles. The zero-order valence-corrected chi connectivity index (χ0v) is 25.0. The second-order valence-corrected chi connectivity index (χ2v) is 12.2. The molecule has 0 atom stereocenters. The largest absolute Gasteiger partial charge is 0.311 e. The molecule has 8 rings (SSSR count). The van der Waals surface area contributed by atoms with E-state index in [0.29, 0.717) is 0 Å². The standard InChI is InChI=1S/C43H33N/c1-43(2)39-23-12-16-32-26-29-36(41(40(32)39)38-22-13-21-37(42(38)43)30-14-6-3-7-15-30)31-24-27-35(28-25-31)44(33-17-8-4-9-18-33)34-19-10-5-11-20-34/h3-29H,1-2H3. The van der Waals surface area contributed by atoms with Crippen LogP contribution in [0.3, 0.4) is 0 Å². The summed E-state index contributed by atoms with van der Waals surface area (Å²) < 4.78 is 0. The van der Waals surface area contributed by atoms with Gasteiger partial charge >= 0.3 is 0 Å². The number of benzene rings is 7. The van der Waals surface area contributed by atoms with Crippen molar-refractivity contribution in [2.45, 2.75) is 19.3 Å². The first kappa shape index (κ1) is 26.2. The van der Waals surface area contributed by atoms with Crippen molar-refractivity contribution in [2.24, 2.45) is 0 Å². The van der Waals surface area contributed by atoms with Gasteiger partial charge in [0.25, 0.3) is 0 Å². The highest BCUT2D eigenvalue weighted by molar-refractivity contribution is 6.10. The van der Waals surface area contributed by atoms with Gasteiger partial charge in [0.1, 0.15) is 0 Å². The van der Waals surface area contributed by atoms with E-state index < -0.39 is 0 Å². The van der Waals surface area contributed by atoms with Gasteiger partial charge in [0.15, 0.2) is 0 Å². The van der Waals surface area contributed by atoms with Gasteiger partial charge in [0.2, 0.25) is 0 Å². The summed E-state index contributed by atoms with van der Waals surface area (Å²) >= 11 is 0. The molecular formula is C43H33N. The smallest absolute Gasteiger partial charge is 0.0462 e. The highest BCUT2D eigenvalue weighted by Gasteiger charge is 2.36. The Hall–Kier alpha value is -5.40. The Morgan fingerprint density at radius 2 is 0.955 bits per heavy atom. The van der Waals surface area contributed by atoms with Crippen molar-refractivity contribution in [1.82, 2.24) is 0 Å². The number of rotatable bonds is 5. The molecule has 0 fully saturated rings. The summed E-state index contributed by atoms with van der Waals surface area (Å²) in [7, 11) is 0. The summed E-state index contributed by atoms with van der Waals surface area (Å²) in [5.74, 6) is 0. The van der Waals surface area contributed by atoms with Gasteiger partial charge in [-0.25, -0.2) is 0 Å². The molecule has 7 aromatic rings. The Balaban J connectivity index is 1.33. The Labute approximate surface area is 259 Å². The van der Waals surface area contributed by atoms with Crippen molar-refractivity contribution < 1.29 is 0 Å². The number of para-hydroxylation sites is 2. The van der Waals surface area contributed by atoms with Crippen LogP contribution < -0.4 is 4.90 Å². The molecule has 0 aromatic heterocycles. The van der Waals surface area contributed by atoms with Crippen LogP contribution in [0.1, 0.15) is 25.0 Å². The zero-order valence-electron chi connectivity index (χ0n) is 25.0. The second-order valence-electron chi connectivity index (χ2n) is 12.2. The maximum absolute atomic E-state index is 2.39. The monoisotopic (exact) mass is 563 g/mol. The van der Waals surface area contributed by atoms with Gasteiger partial charge in [-0.05, 0) is 91.7 Å². The van der Waals surface area contributed by atoms with E-state index in [4.69, 9.17) is 0 Å². The Morgan fingerprint density at radius 3 is 1.61 bits per heavy atom. The number of fused-ring (bicyclic) bond motifs is 2. The van der Waals surface area contributed by atoms with Crippen LogP contribution in [0.25, 0.3) is 44.2 Å². The average molecular weight is 564 g/mol. The van der Waals surface area contributed by atoms with E-state index in [2.05, 4.69) is 183 Å². The summed E-state index contributed by atoms with van der Waals surface area (Å²) in [6.07, 6.45) is 0. The minimum Gasteiger partial charge on any atom is -0.311 e. The predicted molar refractivity (Wildman–Crippen MR) is 187 cm³/mol. The van der Waals surface area contributed by atoms with E-state index >= 15 is 0 Å². The van der Waals surface area contributed by atoms with Crippen molar-refractivity contribution in [3.8, 4) is 33.4 Å². The number of hydrogen-bond donors (Lipinski definition) is 0. The van der Waals surface area contributed by atoms with Crippen molar-refractivity contribution in [1.29, 1.82) is 0 Å². The van der Waals surface area contributed by atoms with Gasteiger partial charge in [-0.15, -0.1) is 0 Å². The molecule has 1 nitrogen and oxygen atoms in total. The fourth-order valence-corrected chi connectivity index (χ4v) is 7.24. The lowest BCUT2D eigenvalue weighted by Gasteiger charge is -2.38. The van der Waals surface area contributed by atoms with Crippen LogP contribution in [0, 0.1) is 0 Å². The summed E-state index contributed by atoms with van der Waals surface area (Å²) in [5, 5.41) is 2.66. The highest BCUT2D eigenvalue weighted by atomic mass is 15.1. The third kappa shape index (κ3) is 4.16. The second kappa shape index (κ2) is 10.4. The first-order valence-corrected chi connectivity index (χ1v) is 15.4. The molecule has 0 N–H and O–H groups in total. The molecule has 0 aliphatic heterocycles. The van der Waals surface area contributed by atoms with E-state index in [-0.39, 0.29) is 5.41 Å². The van der Waals surface area contributed by atoms with Crippen molar-refractivity contribution >= 4 is 27.8 Å². The molecule has 7 aromatic carbocycles. The minimum absolute atomic E-state index is 0.150. The fraction of sp³-hybridized carbons (Fsp3) is 0.0698. The fourth-order valence-electron chi connectivity index (χ4n) is 7.24. The van der Waals surface area contributed by atoms with Crippen LogP contribution >= 0.6 is 0 Å². The van der Waals surface area contributed by atoms with E-state index in [1.807, 2.05) is 0 Å². The molecule has 0 heterocycles. The molecule has 44 heavy (non-hydrogen) atoms. The lowest BCUT2D eigenvalue weighted by molar-refractivity contribution is 0.647. The topological polar surface area (TPSA) is 3.24 Å². The van der Waals surface area contributed by atoms with Crippen LogP contribution in [0.5, 0.6) is 0 Å². The van der Waals surface area contributed by atoms with Crippen molar-refractivity contribution in [2.75, 3.05) is 4.90 Å². The quantitative estimate of drug-likeness (QED) is 0.201. The molecule has 1 heteroatoms. The SMILES string of the molecule is CC1(C)c2c(-c3ccccc3)cccc2-c2c(-c3ccc(N(c4ccccc4)c4ccccc4)cc3)ccc3cccc1c23. The van der Waals surface area contributed by atoms with Crippen molar-refractivity contribution in [3.05, 3.63) is 175 Å². The Morgan fingerprint density at radius 1 is 0.409 bits per heavy atom. The molecule has 0 unspecified atom stereocenters. The first-order valence-electron chi connectivity index (χ1n) is 15.4. The van der Waals surface area contributed by atoms with Gasteiger partial charge in [-0.2, -0.15) is 0 Å². The van der Waals surface area contributed by atoms with E-state index in [1.54, 1.807) is 0 Å². The van der Waals surface area contributed by atoms with Crippen LogP contribution in [0.4, 0.5) is 17.1 Å². The first-order chi connectivity index (χ1) is 21.6. The minimum atomic E-state index is -0.150. The van der Waals surface area contributed by atoms with Gasteiger partial charge in [-0.3, -0.25) is 0 Å². The molecule has 0 saturated carbocycles. The third-order valence-electron chi connectivity index (χ3n) is 9.23. The van der Waals surface area contributed by atoms with Gasteiger partial charge in [-0.1, -0.05) is 141 Å². The zero-order chi connectivity index (χ0) is 29.7. The molecule has 0 radical (unpaired) electrons. The average Bonchev–Trinajstić information content (AvgIpc) is 3.08. The number of anilines is 3. The maximum Gasteiger partial charge on any atom is 0.0462 e. The van der Waals surface area contributed by atoms with Gasteiger partial charge < -0.3 is 4.90 Å². The van der Waals surface area contributed by atoms with E-state index in [1.165, 1.54) is 55.3 Å². The number of nitrogens with zero attached hydrogens (tertiary/aromatic N) is 1. The summed E-state index contributed by atoms with van der Waals surface area (Å²) in [6, 6.07) is 59.4. The summed E-state index contributed by atoms with van der Waals surface area (Å²) in [5.41, 5.74) is 13.8. The van der Waals surface area contributed by atoms with Crippen LogP contribution in [0.15, 0.2) is 164 Å². The van der Waals surface area contributed by atoms with E-state index in [9.17, 15) is 0 Å². The Kier molecular flexibility index (Phi) is 6.20. The van der Waals surface area contributed by atoms with Gasteiger partial charge in [0.05, 0.1) is 0 Å². The molecule has 210 valence electrons. The maximum atomic E-state index is 2.39. The van der Waals surface area contributed by atoms with Crippen LogP contribution in [-0.4, -0.2) is 0 Å². The molecule has 1 aliphatic rings. The van der Waals surface area contributed by atoms with Crippen LogP contribution in [-0.2, 0) is 5.41 Å². The Bertz CT molecular complexity index is 2070. The lowest BCUT2D eigenvalue weighted by atomic mass is 9.65. The molecular weight excluding hydrogens is 530 g/mol. The van der Waals surface area contributed by atoms with Crippen LogP contribution in [0.2, 0.25) is 0 Å². The third-order valence-corrected chi connectivity index (χ3v) is 9.23. The normalized spacial score (nSPS) is 13.0. The molecule has 0 spiro atoms.